The normalized spacial score (nSPS) is 13.4. The van der Waals surface area contributed by atoms with Crippen molar-refractivity contribution in [3.63, 3.8) is 0 Å². The lowest BCUT2D eigenvalue weighted by molar-refractivity contribution is 0.590. The van der Waals surface area contributed by atoms with Gasteiger partial charge in [-0.2, -0.15) is 0 Å². The summed E-state index contributed by atoms with van der Waals surface area (Å²) in [6.07, 6.45) is 0. The van der Waals surface area contributed by atoms with Crippen molar-refractivity contribution in [2.75, 3.05) is 9.80 Å². The Morgan fingerprint density at radius 3 is 1.13 bits per heavy atom. The number of hydrogen-bond acceptors (Lipinski definition) is 2. The molecule has 0 N–H and O–H groups in total. The maximum atomic E-state index is 2.51. The zero-order valence-corrected chi connectivity index (χ0v) is 31.6. The number of anilines is 6. The van der Waals surface area contributed by atoms with Crippen LogP contribution in [0.5, 0.6) is 0 Å². The van der Waals surface area contributed by atoms with E-state index in [1.807, 2.05) is 0 Å². The first-order valence-electron chi connectivity index (χ1n) is 18.9. The first kappa shape index (κ1) is 33.1. The molecule has 2 heterocycles. The van der Waals surface area contributed by atoms with Crippen molar-refractivity contribution in [2.24, 2.45) is 0 Å². The highest BCUT2D eigenvalue weighted by atomic mass is 15.2. The molecule has 0 atom stereocenters. The van der Waals surface area contributed by atoms with E-state index in [-0.39, 0.29) is 17.5 Å². The van der Waals surface area contributed by atoms with Crippen LogP contribution < -0.4 is 26.2 Å². The van der Waals surface area contributed by atoms with E-state index in [1.54, 1.807) is 0 Å². The van der Waals surface area contributed by atoms with Gasteiger partial charge in [-0.1, -0.05) is 157 Å². The molecule has 53 heavy (non-hydrogen) atoms. The highest BCUT2D eigenvalue weighted by molar-refractivity contribution is 7.00. The summed E-state index contributed by atoms with van der Waals surface area (Å²) in [7, 11) is 0. The third-order valence-electron chi connectivity index (χ3n) is 11.2. The van der Waals surface area contributed by atoms with Crippen LogP contribution >= 0.6 is 0 Å². The molecule has 0 unspecified atom stereocenters. The van der Waals surface area contributed by atoms with Gasteiger partial charge in [0, 0.05) is 34.1 Å². The quantitative estimate of drug-likeness (QED) is 0.170. The standard InChI is InChI=1S/C50H45BN2/c1-49(2,3)38-22-26-40(27-23-38)52-44-18-13-19-45-48(44)51(42-30-20-36(32-46(42)52)34-14-9-7-10-15-34)43-31-21-37(35-16-11-8-12-17-35)33-47(43)53(45)41-28-24-39(25-29-41)50(4,5)6/h7-33H,1-6H3. The van der Waals surface area contributed by atoms with Crippen molar-refractivity contribution in [3.8, 4) is 22.3 Å². The fourth-order valence-corrected chi connectivity index (χ4v) is 8.33. The Morgan fingerprint density at radius 2 is 0.755 bits per heavy atom. The zero-order chi connectivity index (χ0) is 36.5. The molecule has 2 aliphatic rings. The second kappa shape index (κ2) is 12.4. The summed E-state index contributed by atoms with van der Waals surface area (Å²) in [6, 6.07) is 61.1. The van der Waals surface area contributed by atoms with Crippen LogP contribution in [0, 0.1) is 0 Å². The zero-order valence-electron chi connectivity index (χ0n) is 31.6. The molecule has 9 rings (SSSR count). The maximum absolute atomic E-state index is 2.51. The molecule has 7 aromatic carbocycles. The van der Waals surface area contributed by atoms with E-state index in [0.717, 1.165) is 0 Å². The summed E-state index contributed by atoms with van der Waals surface area (Å²) >= 11 is 0. The van der Waals surface area contributed by atoms with E-state index in [0.29, 0.717) is 0 Å². The summed E-state index contributed by atoms with van der Waals surface area (Å²) < 4.78 is 0. The van der Waals surface area contributed by atoms with Crippen LogP contribution in [-0.2, 0) is 10.8 Å². The van der Waals surface area contributed by atoms with Gasteiger partial charge in [0.2, 0.25) is 0 Å². The minimum atomic E-state index is 0.0658. The SMILES string of the molecule is CC(C)(C)c1ccc(N2c3cc(-c4ccccc4)ccc3B3c4ccc(-c5ccccc5)cc4N(c4ccc(C(C)(C)C)cc4)c4cccc2c43)cc1. The Bertz CT molecular complexity index is 2280. The van der Waals surface area contributed by atoms with Crippen molar-refractivity contribution in [1.82, 2.24) is 0 Å². The Hall–Kier alpha value is -5.80. The molecule has 258 valence electrons. The third-order valence-corrected chi connectivity index (χ3v) is 11.2. The second-order valence-electron chi connectivity index (χ2n) is 16.7. The minimum absolute atomic E-state index is 0.0658. The predicted octanol–water partition coefficient (Wildman–Crippen LogP) is 11.7. The molecule has 2 aliphatic heterocycles. The molecule has 0 amide bonds. The van der Waals surface area contributed by atoms with Gasteiger partial charge in [0.25, 0.3) is 6.71 Å². The van der Waals surface area contributed by atoms with Crippen molar-refractivity contribution < 1.29 is 0 Å². The number of fused-ring (bicyclic) bond motifs is 4. The van der Waals surface area contributed by atoms with E-state index >= 15 is 0 Å². The topological polar surface area (TPSA) is 6.48 Å². The number of nitrogens with zero attached hydrogens (tertiary/aromatic N) is 2. The Morgan fingerprint density at radius 1 is 0.358 bits per heavy atom. The number of rotatable bonds is 4. The third kappa shape index (κ3) is 5.67. The van der Waals surface area contributed by atoms with Gasteiger partial charge in [-0.25, -0.2) is 0 Å². The van der Waals surface area contributed by atoms with Crippen LogP contribution in [0.4, 0.5) is 34.1 Å². The average molecular weight is 685 g/mol. The second-order valence-corrected chi connectivity index (χ2v) is 16.7. The van der Waals surface area contributed by atoms with Gasteiger partial charge in [-0.3, -0.25) is 0 Å². The Balaban J connectivity index is 1.31. The van der Waals surface area contributed by atoms with Gasteiger partial charge >= 0.3 is 0 Å². The van der Waals surface area contributed by atoms with Gasteiger partial charge in [-0.05, 0) is 109 Å². The van der Waals surface area contributed by atoms with Gasteiger partial charge in [0.1, 0.15) is 0 Å². The molecule has 0 aliphatic carbocycles. The summed E-state index contributed by atoms with van der Waals surface area (Å²) in [4.78, 5) is 5.02. The fourth-order valence-electron chi connectivity index (χ4n) is 8.33. The van der Waals surface area contributed by atoms with Gasteiger partial charge < -0.3 is 9.80 Å². The van der Waals surface area contributed by atoms with E-state index < -0.39 is 0 Å². The molecule has 0 aromatic heterocycles. The van der Waals surface area contributed by atoms with Gasteiger partial charge in [0.15, 0.2) is 0 Å². The molecule has 7 aromatic rings. The van der Waals surface area contributed by atoms with Crippen LogP contribution in [0.3, 0.4) is 0 Å². The van der Waals surface area contributed by atoms with Crippen molar-refractivity contribution in [2.45, 2.75) is 52.4 Å². The molecule has 2 nitrogen and oxygen atoms in total. The van der Waals surface area contributed by atoms with Crippen molar-refractivity contribution in [3.05, 3.63) is 175 Å². The van der Waals surface area contributed by atoms with Gasteiger partial charge in [-0.15, -0.1) is 0 Å². The summed E-state index contributed by atoms with van der Waals surface area (Å²) in [5.74, 6) is 0. The lowest BCUT2D eigenvalue weighted by Crippen LogP contribution is -2.61. The van der Waals surface area contributed by atoms with Crippen LogP contribution in [0.25, 0.3) is 22.3 Å². The fraction of sp³-hybridized carbons (Fsp3) is 0.160. The first-order valence-corrected chi connectivity index (χ1v) is 18.9. The summed E-state index contributed by atoms with van der Waals surface area (Å²) in [5.41, 5.74) is 18.9. The molecule has 0 radical (unpaired) electrons. The lowest BCUT2D eigenvalue weighted by Gasteiger charge is -2.44. The lowest BCUT2D eigenvalue weighted by atomic mass is 9.33. The Labute approximate surface area is 315 Å². The average Bonchev–Trinajstić information content (AvgIpc) is 3.17. The molecule has 3 heteroatoms. The van der Waals surface area contributed by atoms with Crippen LogP contribution in [0.1, 0.15) is 52.7 Å². The van der Waals surface area contributed by atoms with Gasteiger partial charge in [0.05, 0.1) is 0 Å². The predicted molar refractivity (Wildman–Crippen MR) is 229 cm³/mol. The molecule has 0 fully saturated rings. The molecular weight excluding hydrogens is 639 g/mol. The molecule has 0 saturated heterocycles. The van der Waals surface area contributed by atoms with E-state index in [9.17, 15) is 0 Å². The molecule has 0 saturated carbocycles. The van der Waals surface area contributed by atoms with Crippen molar-refractivity contribution in [1.29, 1.82) is 0 Å². The molecule has 0 bridgehead atoms. The monoisotopic (exact) mass is 684 g/mol. The maximum Gasteiger partial charge on any atom is 0.252 e. The highest BCUT2D eigenvalue weighted by Crippen LogP contribution is 2.45. The highest BCUT2D eigenvalue weighted by Gasteiger charge is 2.43. The molecular formula is C50H45BN2. The van der Waals surface area contributed by atoms with Crippen LogP contribution in [-0.4, -0.2) is 6.71 Å². The summed E-state index contributed by atoms with van der Waals surface area (Å²) in [6.45, 7) is 13.8. The van der Waals surface area contributed by atoms with Crippen molar-refractivity contribution >= 4 is 57.2 Å². The minimum Gasteiger partial charge on any atom is -0.311 e. The molecule has 0 spiro atoms. The largest absolute Gasteiger partial charge is 0.311 e. The summed E-state index contributed by atoms with van der Waals surface area (Å²) in [5, 5.41) is 0. The van der Waals surface area contributed by atoms with E-state index in [4.69, 9.17) is 0 Å². The number of hydrogen-bond donors (Lipinski definition) is 0. The van der Waals surface area contributed by atoms with E-state index in [1.165, 1.54) is 83.9 Å². The van der Waals surface area contributed by atoms with Crippen LogP contribution in [0.15, 0.2) is 164 Å². The van der Waals surface area contributed by atoms with E-state index in [2.05, 4.69) is 215 Å². The van der Waals surface area contributed by atoms with Crippen LogP contribution in [0.2, 0.25) is 0 Å². The number of benzene rings is 7. The smallest absolute Gasteiger partial charge is 0.252 e. The Kier molecular flexibility index (Phi) is 7.75. The first-order chi connectivity index (χ1) is 25.6.